The Kier molecular flexibility index (Phi) is 4.71. The van der Waals surface area contributed by atoms with E-state index >= 15 is 0 Å². The summed E-state index contributed by atoms with van der Waals surface area (Å²) in [5.41, 5.74) is 3.08. The van der Waals surface area contributed by atoms with Gasteiger partial charge in [0.15, 0.2) is 0 Å². The molecule has 2 aromatic heterocycles. The maximum absolute atomic E-state index is 5.27. The van der Waals surface area contributed by atoms with Gasteiger partial charge in [0.05, 0.1) is 18.2 Å². The van der Waals surface area contributed by atoms with Crippen molar-refractivity contribution in [2.75, 3.05) is 43.1 Å². The van der Waals surface area contributed by atoms with E-state index in [2.05, 4.69) is 44.2 Å². The van der Waals surface area contributed by atoms with Gasteiger partial charge in [-0.2, -0.15) is 4.98 Å². The average molecular weight is 401 g/mol. The van der Waals surface area contributed by atoms with Crippen molar-refractivity contribution in [2.45, 2.75) is 6.92 Å². The summed E-state index contributed by atoms with van der Waals surface area (Å²) in [6, 6.07) is 18.5. The molecular formula is C23H23N5O2. The summed E-state index contributed by atoms with van der Waals surface area (Å²) in [7, 11) is 1.69. The first-order valence-electron chi connectivity index (χ1n) is 10.1. The zero-order valence-electron chi connectivity index (χ0n) is 17.1. The van der Waals surface area contributed by atoms with Crippen molar-refractivity contribution in [3.8, 4) is 17.1 Å². The number of hydrogen-bond donors (Lipinski definition) is 0. The Bertz CT molecular complexity index is 1160. The predicted molar refractivity (Wildman–Crippen MR) is 117 cm³/mol. The van der Waals surface area contributed by atoms with Gasteiger partial charge in [-0.1, -0.05) is 23.4 Å². The fraction of sp³-hybridized carbons (Fsp3) is 0.261. The minimum absolute atomic E-state index is 0.549. The highest BCUT2D eigenvalue weighted by molar-refractivity contribution is 5.88. The van der Waals surface area contributed by atoms with Crippen LogP contribution in [0.5, 0.6) is 5.75 Å². The smallest absolute Gasteiger partial charge is 0.223 e. The van der Waals surface area contributed by atoms with Crippen molar-refractivity contribution >= 4 is 22.4 Å². The van der Waals surface area contributed by atoms with Crippen molar-refractivity contribution in [3.63, 3.8) is 0 Å². The van der Waals surface area contributed by atoms with E-state index < -0.39 is 0 Å². The largest absolute Gasteiger partial charge is 0.497 e. The molecule has 4 aromatic rings. The van der Waals surface area contributed by atoms with Gasteiger partial charge >= 0.3 is 0 Å². The highest BCUT2D eigenvalue weighted by atomic mass is 16.5. The molecular weight excluding hydrogens is 378 g/mol. The number of hydrogen-bond acceptors (Lipinski definition) is 7. The van der Waals surface area contributed by atoms with Gasteiger partial charge in [0.25, 0.3) is 0 Å². The minimum atomic E-state index is 0.549. The van der Waals surface area contributed by atoms with Gasteiger partial charge in [-0.25, -0.2) is 4.98 Å². The molecule has 0 N–H and O–H groups in total. The number of para-hydroxylation sites is 1. The van der Waals surface area contributed by atoms with E-state index in [1.807, 2.05) is 30.3 Å². The van der Waals surface area contributed by atoms with Gasteiger partial charge in [-0.05, 0) is 36.4 Å². The summed E-state index contributed by atoms with van der Waals surface area (Å²) >= 11 is 0. The lowest BCUT2D eigenvalue weighted by molar-refractivity contribution is 0.394. The molecule has 5 rings (SSSR count). The van der Waals surface area contributed by atoms with Crippen molar-refractivity contribution in [1.29, 1.82) is 0 Å². The summed E-state index contributed by atoms with van der Waals surface area (Å²) < 4.78 is 10.5. The van der Waals surface area contributed by atoms with Crippen LogP contribution in [0.25, 0.3) is 22.3 Å². The molecule has 1 fully saturated rings. The van der Waals surface area contributed by atoms with E-state index in [0.29, 0.717) is 11.7 Å². The minimum Gasteiger partial charge on any atom is -0.497 e. The second-order valence-corrected chi connectivity index (χ2v) is 7.36. The molecule has 1 aliphatic rings. The third-order valence-corrected chi connectivity index (χ3v) is 5.49. The molecule has 30 heavy (non-hydrogen) atoms. The predicted octanol–water partition coefficient (Wildman–Crippen LogP) is 3.93. The highest BCUT2D eigenvalue weighted by Crippen LogP contribution is 2.32. The fourth-order valence-electron chi connectivity index (χ4n) is 3.89. The molecule has 0 spiro atoms. The molecule has 7 nitrogen and oxygen atoms in total. The highest BCUT2D eigenvalue weighted by Gasteiger charge is 2.23. The third kappa shape index (κ3) is 3.43. The molecule has 0 atom stereocenters. The van der Waals surface area contributed by atoms with E-state index in [4.69, 9.17) is 14.2 Å². The molecule has 0 aliphatic carbocycles. The lowest BCUT2D eigenvalue weighted by Crippen LogP contribution is -2.47. The quantitative estimate of drug-likeness (QED) is 0.513. The van der Waals surface area contributed by atoms with Crippen LogP contribution in [0.3, 0.4) is 0 Å². The van der Waals surface area contributed by atoms with Gasteiger partial charge in [0.1, 0.15) is 11.6 Å². The number of nitrogens with zero attached hydrogens (tertiary/aromatic N) is 5. The van der Waals surface area contributed by atoms with E-state index in [-0.39, 0.29) is 0 Å². The van der Waals surface area contributed by atoms with E-state index in [9.17, 15) is 0 Å². The monoisotopic (exact) mass is 401 g/mol. The third-order valence-electron chi connectivity index (χ3n) is 5.49. The Hall–Kier alpha value is -3.61. The standard InChI is InChI=1S/C23H23N5O2/c1-16-24-22(26-30-16)20-15-17-5-3-4-6-21(17)25-23(20)28-13-11-27(12-14-28)18-7-9-19(29-2)10-8-18/h3-10,15H,11-14H2,1-2H3. The normalized spacial score (nSPS) is 14.3. The van der Waals surface area contributed by atoms with Crippen molar-refractivity contribution in [2.24, 2.45) is 0 Å². The maximum atomic E-state index is 5.27. The maximum Gasteiger partial charge on any atom is 0.223 e. The van der Waals surface area contributed by atoms with Crippen LogP contribution in [0.2, 0.25) is 0 Å². The number of rotatable bonds is 4. The van der Waals surface area contributed by atoms with Crippen LogP contribution >= 0.6 is 0 Å². The summed E-state index contributed by atoms with van der Waals surface area (Å²) in [6.07, 6.45) is 0. The average Bonchev–Trinajstić information content (AvgIpc) is 3.24. The second-order valence-electron chi connectivity index (χ2n) is 7.36. The number of aromatic nitrogens is 3. The summed E-state index contributed by atoms with van der Waals surface area (Å²) in [6.45, 7) is 5.35. The lowest BCUT2D eigenvalue weighted by atomic mass is 10.1. The van der Waals surface area contributed by atoms with Crippen molar-refractivity contribution in [3.05, 3.63) is 60.5 Å². The first kappa shape index (κ1) is 18.4. The van der Waals surface area contributed by atoms with Crippen LogP contribution in [0.1, 0.15) is 5.89 Å². The Balaban J connectivity index is 1.44. The Morgan fingerprint density at radius 2 is 1.63 bits per heavy atom. The van der Waals surface area contributed by atoms with E-state index in [1.165, 1.54) is 5.69 Å². The molecule has 0 radical (unpaired) electrons. The Morgan fingerprint density at radius 1 is 0.900 bits per heavy atom. The summed E-state index contributed by atoms with van der Waals surface area (Å²) in [5, 5.41) is 5.22. The van der Waals surface area contributed by atoms with Crippen LogP contribution in [0, 0.1) is 6.92 Å². The fourth-order valence-corrected chi connectivity index (χ4v) is 3.89. The molecule has 1 saturated heterocycles. The first-order valence-corrected chi connectivity index (χ1v) is 10.1. The molecule has 2 aromatic carbocycles. The van der Waals surface area contributed by atoms with Gasteiger partial charge in [0, 0.05) is 44.2 Å². The van der Waals surface area contributed by atoms with Gasteiger partial charge in [-0.15, -0.1) is 0 Å². The molecule has 1 aliphatic heterocycles. The van der Waals surface area contributed by atoms with Crippen LogP contribution in [0.4, 0.5) is 11.5 Å². The van der Waals surface area contributed by atoms with Gasteiger partial charge < -0.3 is 19.1 Å². The number of aryl methyl sites for hydroxylation is 1. The van der Waals surface area contributed by atoms with Crippen LogP contribution in [0.15, 0.2) is 59.1 Å². The van der Waals surface area contributed by atoms with Crippen LogP contribution < -0.4 is 14.5 Å². The second kappa shape index (κ2) is 7.67. The summed E-state index contributed by atoms with van der Waals surface area (Å²) in [4.78, 5) is 14.1. The summed E-state index contributed by atoms with van der Waals surface area (Å²) in [5.74, 6) is 2.91. The number of methoxy groups -OCH3 is 1. The first-order chi connectivity index (χ1) is 14.7. The SMILES string of the molecule is COc1ccc(N2CCN(c3nc4ccccc4cc3-c3noc(C)n3)CC2)cc1. The molecule has 3 heterocycles. The molecule has 152 valence electrons. The van der Waals surface area contributed by atoms with Gasteiger partial charge in [-0.3, -0.25) is 0 Å². The van der Waals surface area contributed by atoms with Crippen LogP contribution in [-0.4, -0.2) is 48.4 Å². The number of pyridine rings is 1. The zero-order chi connectivity index (χ0) is 20.5. The van der Waals surface area contributed by atoms with E-state index in [0.717, 1.165) is 54.2 Å². The topological polar surface area (TPSA) is 67.5 Å². The number of piperazine rings is 1. The molecule has 0 unspecified atom stereocenters. The number of benzene rings is 2. The molecule has 0 bridgehead atoms. The molecule has 0 amide bonds. The Morgan fingerprint density at radius 3 is 2.33 bits per heavy atom. The Labute approximate surface area is 174 Å². The van der Waals surface area contributed by atoms with Crippen molar-refractivity contribution < 1.29 is 9.26 Å². The van der Waals surface area contributed by atoms with Gasteiger partial charge in [0.2, 0.25) is 11.7 Å². The lowest BCUT2D eigenvalue weighted by Gasteiger charge is -2.37. The molecule has 0 saturated carbocycles. The molecule has 7 heteroatoms. The van der Waals surface area contributed by atoms with Crippen LogP contribution in [-0.2, 0) is 0 Å². The van der Waals surface area contributed by atoms with Crippen molar-refractivity contribution in [1.82, 2.24) is 15.1 Å². The number of ether oxygens (including phenoxy) is 1. The zero-order valence-corrected chi connectivity index (χ0v) is 17.1. The number of fused-ring (bicyclic) bond motifs is 1. The van der Waals surface area contributed by atoms with E-state index in [1.54, 1.807) is 14.0 Å². The number of anilines is 2.